The molecular formula is C11H12N4O. The van der Waals surface area contributed by atoms with Crippen LogP contribution in [0.1, 0.15) is 5.56 Å². The first kappa shape index (κ1) is 10.2. The van der Waals surface area contributed by atoms with E-state index in [1.54, 1.807) is 0 Å². The number of nitrogens with zero attached hydrogens (tertiary/aromatic N) is 1. The molecule has 0 amide bonds. The predicted molar refractivity (Wildman–Crippen MR) is 61.8 cm³/mol. The van der Waals surface area contributed by atoms with Crippen molar-refractivity contribution in [1.29, 1.82) is 5.41 Å². The number of hydrogen-bond donors (Lipinski definition) is 3. The van der Waals surface area contributed by atoms with Crippen LogP contribution < -0.4 is 11.1 Å². The molecule has 1 aromatic carbocycles. The van der Waals surface area contributed by atoms with E-state index in [0.717, 1.165) is 5.56 Å². The first-order valence-corrected chi connectivity index (χ1v) is 4.82. The summed E-state index contributed by atoms with van der Waals surface area (Å²) in [5, 5.41) is 10.1. The zero-order valence-electron chi connectivity index (χ0n) is 8.60. The Morgan fingerprint density at radius 1 is 1.38 bits per heavy atom. The van der Waals surface area contributed by atoms with Crippen molar-refractivity contribution in [2.45, 2.75) is 6.61 Å². The molecule has 0 unspecified atom stereocenters. The Hall–Kier alpha value is -2.30. The van der Waals surface area contributed by atoms with Crippen molar-refractivity contribution >= 4 is 12.2 Å². The number of amidine groups is 1. The highest BCUT2D eigenvalue weighted by Gasteiger charge is 2.13. The molecule has 1 heterocycles. The third-order valence-corrected chi connectivity index (χ3v) is 2.11. The minimum Gasteiger partial charge on any atom is -0.473 e. The molecule has 5 heteroatoms. The zero-order valence-corrected chi connectivity index (χ0v) is 8.60. The first-order chi connectivity index (χ1) is 7.77. The van der Waals surface area contributed by atoms with Gasteiger partial charge in [0.2, 0.25) is 5.88 Å². The van der Waals surface area contributed by atoms with Gasteiger partial charge in [0.1, 0.15) is 6.61 Å². The largest absolute Gasteiger partial charge is 0.473 e. The fourth-order valence-corrected chi connectivity index (χ4v) is 1.28. The summed E-state index contributed by atoms with van der Waals surface area (Å²) < 4.78 is 5.35. The molecule has 0 aliphatic carbocycles. The summed E-state index contributed by atoms with van der Waals surface area (Å²) in [5.74, 6) is 0.320. The molecule has 16 heavy (non-hydrogen) atoms. The van der Waals surface area contributed by atoms with E-state index < -0.39 is 0 Å². The summed E-state index contributed by atoms with van der Waals surface area (Å²) >= 11 is 0. The van der Waals surface area contributed by atoms with Gasteiger partial charge >= 0.3 is 0 Å². The molecule has 82 valence electrons. The van der Waals surface area contributed by atoms with Gasteiger partial charge in [0.05, 0.1) is 6.34 Å². The normalized spacial score (nSPS) is 17.1. The van der Waals surface area contributed by atoms with Gasteiger partial charge in [-0.25, -0.2) is 4.99 Å². The van der Waals surface area contributed by atoms with Gasteiger partial charge in [-0.05, 0) is 5.56 Å². The van der Waals surface area contributed by atoms with Crippen LogP contribution >= 0.6 is 0 Å². The van der Waals surface area contributed by atoms with Gasteiger partial charge in [0.25, 0.3) is 0 Å². The van der Waals surface area contributed by atoms with Crippen molar-refractivity contribution in [2.24, 2.45) is 10.7 Å². The Morgan fingerprint density at radius 3 is 2.75 bits per heavy atom. The maximum atomic E-state index is 7.47. The van der Waals surface area contributed by atoms with Crippen LogP contribution in [0.15, 0.2) is 46.9 Å². The Kier molecular flexibility index (Phi) is 2.86. The van der Waals surface area contributed by atoms with Gasteiger partial charge in [-0.1, -0.05) is 30.3 Å². The monoisotopic (exact) mass is 216 g/mol. The molecule has 0 aromatic heterocycles. The molecule has 2 rings (SSSR count). The molecule has 0 bridgehead atoms. The van der Waals surface area contributed by atoms with Crippen LogP contribution in [0.4, 0.5) is 0 Å². The van der Waals surface area contributed by atoms with Gasteiger partial charge in [-0.3, -0.25) is 5.41 Å². The lowest BCUT2D eigenvalue weighted by atomic mass is 10.2. The first-order valence-electron chi connectivity index (χ1n) is 4.82. The van der Waals surface area contributed by atoms with E-state index in [4.69, 9.17) is 15.9 Å². The summed E-state index contributed by atoms with van der Waals surface area (Å²) in [7, 11) is 0. The van der Waals surface area contributed by atoms with E-state index in [0.29, 0.717) is 12.3 Å². The van der Waals surface area contributed by atoms with Gasteiger partial charge in [-0.2, -0.15) is 0 Å². The van der Waals surface area contributed by atoms with Crippen molar-refractivity contribution in [2.75, 3.05) is 0 Å². The van der Waals surface area contributed by atoms with Crippen molar-refractivity contribution in [1.82, 2.24) is 5.32 Å². The number of ether oxygens (including phenoxy) is 1. The molecule has 1 aliphatic heterocycles. The highest BCUT2D eigenvalue weighted by Crippen LogP contribution is 2.09. The Balaban J connectivity index is 2.01. The number of benzene rings is 1. The minimum absolute atomic E-state index is 0.158. The molecule has 0 atom stereocenters. The van der Waals surface area contributed by atoms with E-state index in [1.807, 2.05) is 30.3 Å². The molecule has 1 aliphatic rings. The smallest absolute Gasteiger partial charge is 0.214 e. The number of hydrogen-bond acceptors (Lipinski definition) is 4. The van der Waals surface area contributed by atoms with Crippen LogP contribution in [0, 0.1) is 5.41 Å². The lowest BCUT2D eigenvalue weighted by molar-refractivity contribution is 0.194. The van der Waals surface area contributed by atoms with E-state index >= 15 is 0 Å². The van der Waals surface area contributed by atoms with E-state index in [-0.39, 0.29) is 11.7 Å². The molecule has 5 nitrogen and oxygen atoms in total. The predicted octanol–water partition coefficient (Wildman–Crippen LogP) is 0.940. The highest BCUT2D eigenvalue weighted by molar-refractivity contribution is 6.07. The van der Waals surface area contributed by atoms with Gasteiger partial charge in [-0.15, -0.1) is 0 Å². The fourth-order valence-electron chi connectivity index (χ4n) is 1.28. The molecule has 4 N–H and O–H groups in total. The van der Waals surface area contributed by atoms with E-state index in [1.165, 1.54) is 6.34 Å². The third-order valence-electron chi connectivity index (χ3n) is 2.11. The van der Waals surface area contributed by atoms with Crippen LogP contribution in [0.25, 0.3) is 0 Å². The lowest BCUT2D eigenvalue weighted by Crippen LogP contribution is -2.18. The molecule has 0 radical (unpaired) electrons. The summed E-state index contributed by atoms with van der Waals surface area (Å²) in [6.07, 6.45) is 1.41. The average molecular weight is 216 g/mol. The number of aliphatic imine (C=N–C) groups is 1. The van der Waals surface area contributed by atoms with Gasteiger partial charge in [0.15, 0.2) is 11.5 Å². The molecule has 0 fully saturated rings. The zero-order chi connectivity index (χ0) is 11.4. The van der Waals surface area contributed by atoms with Crippen LogP contribution in [0.2, 0.25) is 0 Å². The summed E-state index contributed by atoms with van der Waals surface area (Å²) in [6, 6.07) is 9.68. The quantitative estimate of drug-likeness (QED) is 0.657. The topological polar surface area (TPSA) is 83.5 Å². The Morgan fingerprint density at radius 2 is 2.12 bits per heavy atom. The van der Waals surface area contributed by atoms with Crippen LogP contribution in [0.3, 0.4) is 0 Å². The Bertz CT molecular complexity index is 450. The molecule has 0 saturated heterocycles. The maximum absolute atomic E-state index is 7.47. The lowest BCUT2D eigenvalue weighted by Gasteiger charge is -2.07. The Labute approximate surface area is 93.1 Å². The van der Waals surface area contributed by atoms with Crippen molar-refractivity contribution in [3.63, 3.8) is 0 Å². The standard InChI is InChI=1S/C11H12N4O/c12-10-9(14-7-15-10)11(13)16-6-8-4-2-1-3-5-8/h1-5,7H,6,13H2,(H2,12,14,15)/b11-9-. The second-order valence-electron chi connectivity index (χ2n) is 3.26. The van der Waals surface area contributed by atoms with Crippen molar-refractivity contribution in [3.8, 4) is 0 Å². The van der Waals surface area contributed by atoms with Gasteiger partial charge < -0.3 is 15.8 Å². The maximum Gasteiger partial charge on any atom is 0.214 e. The second kappa shape index (κ2) is 4.48. The number of rotatable bonds is 3. The minimum atomic E-state index is 0.158. The van der Waals surface area contributed by atoms with Crippen LogP contribution in [-0.4, -0.2) is 12.2 Å². The molecule has 0 spiro atoms. The average Bonchev–Trinajstić information content (AvgIpc) is 2.74. The van der Waals surface area contributed by atoms with Crippen LogP contribution in [-0.2, 0) is 11.3 Å². The van der Waals surface area contributed by atoms with E-state index in [9.17, 15) is 0 Å². The second-order valence-corrected chi connectivity index (χ2v) is 3.26. The molecule has 0 saturated carbocycles. The third kappa shape index (κ3) is 2.20. The van der Waals surface area contributed by atoms with Crippen molar-refractivity contribution < 1.29 is 4.74 Å². The fraction of sp³-hybridized carbons (Fsp3) is 0.0909. The SMILES string of the molecule is N=C1NC=N/C1=C(/N)OCc1ccccc1. The summed E-state index contributed by atoms with van der Waals surface area (Å²) in [4.78, 5) is 3.90. The van der Waals surface area contributed by atoms with E-state index in [2.05, 4.69) is 10.3 Å². The van der Waals surface area contributed by atoms with Gasteiger partial charge in [0, 0.05) is 0 Å². The highest BCUT2D eigenvalue weighted by atomic mass is 16.5. The molecule has 1 aromatic rings. The molecular weight excluding hydrogens is 204 g/mol. The van der Waals surface area contributed by atoms with Crippen LogP contribution in [0.5, 0.6) is 0 Å². The summed E-state index contributed by atoms with van der Waals surface area (Å²) in [5.41, 5.74) is 7.04. The van der Waals surface area contributed by atoms with Crippen molar-refractivity contribution in [3.05, 3.63) is 47.5 Å². The number of nitrogens with one attached hydrogen (secondary N) is 2. The summed E-state index contributed by atoms with van der Waals surface area (Å²) in [6.45, 7) is 0.374. The number of nitrogens with two attached hydrogens (primary N) is 1.